The number of unbranched alkanes of at least 4 members (excludes halogenated alkanes) is 3. The number of hydrogen-bond acceptors (Lipinski definition) is 3. The molecule has 1 aromatic carbocycles. The fourth-order valence-electron chi connectivity index (χ4n) is 3.25. The highest BCUT2D eigenvalue weighted by atomic mass is 16.3. The van der Waals surface area contributed by atoms with Gasteiger partial charge in [-0.25, -0.2) is 0 Å². The molecule has 0 unspecified atom stereocenters. The number of ketones is 2. The number of benzene rings is 1. The van der Waals surface area contributed by atoms with E-state index in [1.165, 1.54) is 19.3 Å². The molecule has 0 heterocycles. The highest BCUT2D eigenvalue weighted by molar-refractivity contribution is 6.52. The first kappa shape index (κ1) is 17.5. The van der Waals surface area contributed by atoms with E-state index in [4.69, 9.17) is 0 Å². The molecular formula is C20H26O3. The van der Waals surface area contributed by atoms with Crippen LogP contribution in [0, 0.1) is 12.8 Å². The van der Waals surface area contributed by atoms with Gasteiger partial charge in [0.2, 0.25) is 11.6 Å². The van der Waals surface area contributed by atoms with Crippen LogP contribution in [0.2, 0.25) is 0 Å². The zero-order chi connectivity index (χ0) is 17.0. The van der Waals surface area contributed by atoms with Gasteiger partial charge >= 0.3 is 0 Å². The molecule has 0 aromatic heterocycles. The average molecular weight is 314 g/mol. The Hall–Kier alpha value is -1.90. The average Bonchev–Trinajstić information content (AvgIpc) is 2.53. The molecular weight excluding hydrogens is 288 g/mol. The van der Waals surface area contributed by atoms with Crippen LogP contribution in [-0.4, -0.2) is 16.7 Å². The molecule has 0 spiro atoms. The van der Waals surface area contributed by atoms with Crippen molar-refractivity contribution >= 4 is 17.3 Å². The molecule has 1 atom stereocenters. The molecule has 1 aliphatic rings. The third-order valence-corrected chi connectivity index (χ3v) is 4.62. The minimum absolute atomic E-state index is 0.00583. The Labute approximate surface area is 138 Å². The molecule has 1 N–H and O–H groups in total. The van der Waals surface area contributed by atoms with Gasteiger partial charge in [-0.15, -0.1) is 0 Å². The maximum absolute atomic E-state index is 12.4. The van der Waals surface area contributed by atoms with Crippen molar-refractivity contribution in [2.75, 3.05) is 0 Å². The lowest BCUT2D eigenvalue weighted by Gasteiger charge is -2.21. The summed E-state index contributed by atoms with van der Waals surface area (Å²) >= 11 is 0. The zero-order valence-electron chi connectivity index (χ0n) is 14.3. The Morgan fingerprint density at radius 2 is 1.83 bits per heavy atom. The minimum atomic E-state index is -0.537. The van der Waals surface area contributed by atoms with Crippen LogP contribution in [0.25, 0.3) is 5.76 Å². The third kappa shape index (κ3) is 3.72. The summed E-state index contributed by atoms with van der Waals surface area (Å²) in [6.45, 7) is 6.05. The number of carbonyl (C=O) groups is 2. The summed E-state index contributed by atoms with van der Waals surface area (Å²) in [6, 6.07) is 5.31. The van der Waals surface area contributed by atoms with Gasteiger partial charge in [0.15, 0.2) is 0 Å². The molecule has 1 aromatic rings. The van der Waals surface area contributed by atoms with Gasteiger partial charge in [0, 0.05) is 16.7 Å². The molecule has 2 rings (SSSR count). The van der Waals surface area contributed by atoms with Crippen molar-refractivity contribution < 1.29 is 14.7 Å². The van der Waals surface area contributed by atoms with Crippen molar-refractivity contribution in [1.29, 1.82) is 0 Å². The number of hydrogen-bond donors (Lipinski definition) is 1. The zero-order valence-corrected chi connectivity index (χ0v) is 14.3. The van der Waals surface area contributed by atoms with Crippen molar-refractivity contribution in [3.8, 4) is 0 Å². The summed E-state index contributed by atoms with van der Waals surface area (Å²) in [5, 5.41) is 10.5. The summed E-state index contributed by atoms with van der Waals surface area (Å²) in [4.78, 5) is 24.8. The first-order valence-electron chi connectivity index (χ1n) is 8.58. The van der Waals surface area contributed by atoms with Crippen molar-refractivity contribution in [2.24, 2.45) is 5.92 Å². The summed E-state index contributed by atoms with van der Waals surface area (Å²) in [5.41, 5.74) is 1.88. The Balaban J connectivity index is 2.19. The number of aliphatic hydroxyl groups excluding tert-OH is 1. The molecule has 0 saturated carbocycles. The normalized spacial score (nSPS) is 15.8. The van der Waals surface area contributed by atoms with E-state index in [1.807, 2.05) is 0 Å². The van der Waals surface area contributed by atoms with Crippen LogP contribution in [0.15, 0.2) is 23.8 Å². The van der Waals surface area contributed by atoms with E-state index in [0.29, 0.717) is 17.5 Å². The van der Waals surface area contributed by atoms with Gasteiger partial charge in [0.1, 0.15) is 5.76 Å². The van der Waals surface area contributed by atoms with E-state index < -0.39 is 11.6 Å². The molecule has 1 aliphatic carbocycles. The van der Waals surface area contributed by atoms with Gasteiger partial charge in [-0.05, 0) is 24.8 Å². The van der Waals surface area contributed by atoms with Crippen molar-refractivity contribution in [2.45, 2.75) is 59.3 Å². The standard InChI is InChI=1S/C20H26O3/c1-4-5-6-7-9-13(2)12-16-18(21)15-11-8-10-14(3)17(15)20(23)19(16)22/h8,10-11,13,21H,4-7,9,12H2,1-3H3/t13-/m1/s1. The Morgan fingerprint density at radius 3 is 2.52 bits per heavy atom. The van der Waals surface area contributed by atoms with Gasteiger partial charge in [0.05, 0.1) is 0 Å². The lowest BCUT2D eigenvalue weighted by Crippen LogP contribution is -2.26. The molecule has 124 valence electrons. The second-order valence-electron chi connectivity index (χ2n) is 6.64. The van der Waals surface area contributed by atoms with Crippen molar-refractivity contribution in [3.63, 3.8) is 0 Å². The molecule has 3 heteroatoms. The summed E-state index contributed by atoms with van der Waals surface area (Å²) in [5.74, 6) is -0.741. The van der Waals surface area contributed by atoms with Crippen LogP contribution in [0.4, 0.5) is 0 Å². The second-order valence-corrected chi connectivity index (χ2v) is 6.64. The van der Waals surface area contributed by atoms with Crippen LogP contribution in [-0.2, 0) is 4.79 Å². The highest BCUT2D eigenvalue weighted by Gasteiger charge is 2.34. The van der Waals surface area contributed by atoms with E-state index in [0.717, 1.165) is 18.4 Å². The van der Waals surface area contributed by atoms with E-state index in [2.05, 4.69) is 13.8 Å². The van der Waals surface area contributed by atoms with Crippen LogP contribution >= 0.6 is 0 Å². The molecule has 0 radical (unpaired) electrons. The Bertz CT molecular complexity index is 640. The monoisotopic (exact) mass is 314 g/mol. The van der Waals surface area contributed by atoms with Crippen LogP contribution in [0.5, 0.6) is 0 Å². The maximum atomic E-state index is 12.4. The smallest absolute Gasteiger partial charge is 0.234 e. The molecule has 0 amide bonds. The topological polar surface area (TPSA) is 54.4 Å². The molecule has 23 heavy (non-hydrogen) atoms. The third-order valence-electron chi connectivity index (χ3n) is 4.62. The largest absolute Gasteiger partial charge is 0.507 e. The Kier molecular flexibility index (Phi) is 5.75. The molecule has 0 saturated heterocycles. The van der Waals surface area contributed by atoms with Gasteiger partial charge in [-0.3, -0.25) is 9.59 Å². The number of carbonyl (C=O) groups excluding carboxylic acids is 2. The van der Waals surface area contributed by atoms with E-state index in [9.17, 15) is 14.7 Å². The lowest BCUT2D eigenvalue weighted by atomic mass is 9.82. The number of fused-ring (bicyclic) bond motifs is 1. The first-order chi connectivity index (χ1) is 11.0. The minimum Gasteiger partial charge on any atom is -0.507 e. The van der Waals surface area contributed by atoms with Crippen LogP contribution in [0.3, 0.4) is 0 Å². The predicted molar refractivity (Wildman–Crippen MR) is 92.6 cm³/mol. The number of Topliss-reactive ketones (excluding diaryl/α,β-unsaturated/α-hetero) is 2. The van der Waals surface area contributed by atoms with E-state index in [1.54, 1.807) is 25.1 Å². The van der Waals surface area contributed by atoms with Gasteiger partial charge < -0.3 is 5.11 Å². The predicted octanol–water partition coefficient (Wildman–Crippen LogP) is 5.03. The summed E-state index contributed by atoms with van der Waals surface area (Å²) in [6.07, 6.45) is 6.23. The van der Waals surface area contributed by atoms with Crippen molar-refractivity contribution in [3.05, 3.63) is 40.5 Å². The fraction of sp³-hybridized carbons (Fsp3) is 0.500. The number of rotatable bonds is 7. The maximum Gasteiger partial charge on any atom is 0.234 e. The van der Waals surface area contributed by atoms with Crippen molar-refractivity contribution in [1.82, 2.24) is 0 Å². The highest BCUT2D eigenvalue weighted by Crippen LogP contribution is 2.33. The number of allylic oxidation sites excluding steroid dienone is 1. The SMILES string of the molecule is CCCCCC[C@@H](C)CC1=C(O)c2cccc(C)c2C(=O)C1=O. The summed E-state index contributed by atoms with van der Waals surface area (Å²) in [7, 11) is 0. The lowest BCUT2D eigenvalue weighted by molar-refractivity contribution is -0.112. The van der Waals surface area contributed by atoms with Crippen LogP contribution in [0.1, 0.15) is 73.9 Å². The summed E-state index contributed by atoms with van der Waals surface area (Å²) < 4.78 is 0. The molecule has 0 fully saturated rings. The van der Waals surface area contributed by atoms with Gasteiger partial charge in [-0.2, -0.15) is 0 Å². The number of aliphatic hydroxyl groups is 1. The van der Waals surface area contributed by atoms with Gasteiger partial charge in [-0.1, -0.05) is 64.2 Å². The quantitative estimate of drug-likeness (QED) is 0.567. The first-order valence-corrected chi connectivity index (χ1v) is 8.58. The molecule has 3 nitrogen and oxygen atoms in total. The molecule has 0 bridgehead atoms. The van der Waals surface area contributed by atoms with E-state index in [-0.39, 0.29) is 17.3 Å². The van der Waals surface area contributed by atoms with E-state index >= 15 is 0 Å². The van der Waals surface area contributed by atoms with Crippen LogP contribution < -0.4 is 0 Å². The second kappa shape index (κ2) is 7.58. The fourth-order valence-corrected chi connectivity index (χ4v) is 3.25. The van der Waals surface area contributed by atoms with Gasteiger partial charge in [0.25, 0.3) is 0 Å². The Morgan fingerprint density at radius 1 is 1.09 bits per heavy atom. The molecule has 0 aliphatic heterocycles. The number of aryl methyl sites for hydroxylation is 1.